The number of hydrogen-bond donors (Lipinski definition) is 1. The van der Waals surface area contributed by atoms with Gasteiger partial charge in [0.1, 0.15) is 15.8 Å². The molecule has 0 unspecified atom stereocenters. The smallest absolute Gasteiger partial charge is 0.273 e. The van der Waals surface area contributed by atoms with Crippen LogP contribution in [0.5, 0.6) is 0 Å². The first-order valence-electron chi connectivity index (χ1n) is 8.42. The van der Waals surface area contributed by atoms with Gasteiger partial charge in [0.15, 0.2) is 6.10 Å². The zero-order valence-electron chi connectivity index (χ0n) is 14.3. The van der Waals surface area contributed by atoms with Crippen molar-refractivity contribution in [3.05, 3.63) is 78.6 Å². The van der Waals surface area contributed by atoms with Crippen LogP contribution >= 0.6 is 11.8 Å². The van der Waals surface area contributed by atoms with Gasteiger partial charge in [-0.3, -0.25) is 4.79 Å². The van der Waals surface area contributed by atoms with E-state index in [0.717, 1.165) is 15.6 Å². The summed E-state index contributed by atoms with van der Waals surface area (Å²) in [6.45, 7) is 0. The van der Waals surface area contributed by atoms with Crippen LogP contribution in [0.15, 0.2) is 88.3 Å². The molecule has 1 atom stereocenters. The number of nitrogens with zero attached hydrogens (tertiary/aromatic N) is 3. The summed E-state index contributed by atoms with van der Waals surface area (Å²) < 4.78 is 0. The van der Waals surface area contributed by atoms with E-state index >= 15 is 0 Å². The average Bonchev–Trinajstić information content (AvgIpc) is 3.20. The largest absolute Gasteiger partial charge is 0.387 e. The topological polar surface area (TPSA) is 76.5 Å². The summed E-state index contributed by atoms with van der Waals surface area (Å²) in [6.07, 6.45) is 3.60. The number of rotatable bonds is 5. The summed E-state index contributed by atoms with van der Waals surface area (Å²) in [5, 5.41) is 8.40. The lowest BCUT2D eigenvalue weighted by Gasteiger charge is -2.08. The Balaban J connectivity index is 1.39. The number of oxime groups is 1. The van der Waals surface area contributed by atoms with Crippen molar-refractivity contribution in [1.82, 2.24) is 9.97 Å². The van der Waals surface area contributed by atoms with Gasteiger partial charge in [0, 0.05) is 24.5 Å². The molecule has 3 aromatic rings. The maximum Gasteiger partial charge on any atom is 0.273 e. The summed E-state index contributed by atoms with van der Waals surface area (Å²) in [4.78, 5) is 26.5. The molecular formula is C20H16N4O2S. The van der Waals surface area contributed by atoms with Crippen molar-refractivity contribution < 1.29 is 9.63 Å². The molecule has 2 aromatic heterocycles. The molecular weight excluding hydrogens is 360 g/mol. The Morgan fingerprint density at radius 1 is 1.00 bits per heavy atom. The highest BCUT2D eigenvalue weighted by Crippen LogP contribution is 2.28. The van der Waals surface area contributed by atoms with Crippen molar-refractivity contribution in [1.29, 1.82) is 0 Å². The fourth-order valence-electron chi connectivity index (χ4n) is 2.62. The first kappa shape index (κ1) is 17.2. The number of anilines is 1. The predicted molar refractivity (Wildman–Crippen MR) is 104 cm³/mol. The van der Waals surface area contributed by atoms with Crippen LogP contribution < -0.4 is 5.32 Å². The van der Waals surface area contributed by atoms with Crippen molar-refractivity contribution in [2.75, 3.05) is 5.32 Å². The normalized spacial score (nSPS) is 15.7. The van der Waals surface area contributed by atoms with Gasteiger partial charge in [-0.25, -0.2) is 9.97 Å². The van der Waals surface area contributed by atoms with Crippen molar-refractivity contribution in [2.45, 2.75) is 22.6 Å². The fraction of sp³-hybridized carbons (Fsp3) is 0.100. The molecule has 3 heterocycles. The summed E-state index contributed by atoms with van der Waals surface area (Å²) in [7, 11) is 0. The van der Waals surface area contributed by atoms with Crippen LogP contribution in [-0.4, -0.2) is 21.6 Å². The Hall–Kier alpha value is -3.19. The lowest BCUT2D eigenvalue weighted by Crippen LogP contribution is -2.21. The predicted octanol–water partition coefficient (Wildman–Crippen LogP) is 4.08. The van der Waals surface area contributed by atoms with Crippen LogP contribution in [0.2, 0.25) is 0 Å². The number of carbonyl (C=O) groups excluding carboxylic acids is 1. The zero-order chi connectivity index (χ0) is 18.5. The number of hydrogen-bond acceptors (Lipinski definition) is 6. The van der Waals surface area contributed by atoms with Crippen molar-refractivity contribution in [2.24, 2.45) is 5.16 Å². The number of benzene rings is 1. The van der Waals surface area contributed by atoms with Crippen LogP contribution in [0.4, 0.5) is 5.69 Å². The van der Waals surface area contributed by atoms with E-state index in [9.17, 15) is 4.79 Å². The quantitative estimate of drug-likeness (QED) is 0.726. The molecule has 4 rings (SSSR count). The number of amides is 1. The molecule has 1 N–H and O–H groups in total. The molecule has 6 nitrogen and oxygen atoms in total. The molecule has 27 heavy (non-hydrogen) atoms. The molecule has 0 fully saturated rings. The number of nitrogens with one attached hydrogen (secondary N) is 1. The highest BCUT2D eigenvalue weighted by molar-refractivity contribution is 7.99. The van der Waals surface area contributed by atoms with Crippen molar-refractivity contribution >= 4 is 29.1 Å². The molecule has 0 aliphatic carbocycles. The molecule has 0 radical (unpaired) electrons. The van der Waals surface area contributed by atoms with Crippen LogP contribution in [0.25, 0.3) is 0 Å². The van der Waals surface area contributed by atoms with E-state index < -0.39 is 0 Å². The van der Waals surface area contributed by atoms with E-state index in [-0.39, 0.29) is 12.0 Å². The van der Waals surface area contributed by atoms with E-state index in [1.54, 1.807) is 18.5 Å². The van der Waals surface area contributed by atoms with E-state index in [1.807, 2.05) is 54.6 Å². The number of pyridine rings is 2. The van der Waals surface area contributed by atoms with E-state index in [4.69, 9.17) is 4.84 Å². The molecule has 0 spiro atoms. The molecule has 1 aliphatic rings. The first-order chi connectivity index (χ1) is 13.3. The van der Waals surface area contributed by atoms with Gasteiger partial charge in [-0.05, 0) is 29.8 Å². The molecule has 134 valence electrons. The van der Waals surface area contributed by atoms with E-state index in [1.165, 1.54) is 11.8 Å². The summed E-state index contributed by atoms with van der Waals surface area (Å²) >= 11 is 1.43. The Bertz CT molecular complexity index is 964. The standard InChI is InChI=1S/C20H16N4O2S/c25-20(16-13-17(26-24-16)14-6-2-1-3-7-14)23-15-9-11-22-19(12-15)27-18-8-4-5-10-21-18/h1-12,17H,13H2,(H,22,23,25)/t17-/m1/s1. The second kappa shape index (κ2) is 8.01. The molecule has 1 aromatic carbocycles. The van der Waals surface area contributed by atoms with Gasteiger partial charge in [-0.2, -0.15) is 0 Å². The van der Waals surface area contributed by atoms with Gasteiger partial charge in [-0.1, -0.05) is 53.3 Å². The highest BCUT2D eigenvalue weighted by Gasteiger charge is 2.27. The van der Waals surface area contributed by atoms with Gasteiger partial charge < -0.3 is 10.2 Å². The second-order valence-electron chi connectivity index (χ2n) is 5.85. The average molecular weight is 376 g/mol. The Kier molecular flexibility index (Phi) is 5.11. The van der Waals surface area contributed by atoms with Crippen LogP contribution in [0, 0.1) is 0 Å². The maximum absolute atomic E-state index is 12.5. The van der Waals surface area contributed by atoms with Crippen molar-refractivity contribution in [3.8, 4) is 0 Å². The minimum Gasteiger partial charge on any atom is -0.387 e. The highest BCUT2D eigenvalue weighted by atomic mass is 32.2. The second-order valence-corrected chi connectivity index (χ2v) is 6.89. The minimum absolute atomic E-state index is 0.223. The first-order valence-corrected chi connectivity index (χ1v) is 9.23. The molecule has 0 saturated heterocycles. The molecule has 1 aliphatic heterocycles. The Morgan fingerprint density at radius 3 is 2.63 bits per heavy atom. The van der Waals surface area contributed by atoms with Gasteiger partial charge in [0.05, 0.1) is 0 Å². The van der Waals surface area contributed by atoms with Gasteiger partial charge in [0.2, 0.25) is 0 Å². The number of carbonyl (C=O) groups is 1. The Morgan fingerprint density at radius 2 is 1.81 bits per heavy atom. The van der Waals surface area contributed by atoms with Gasteiger partial charge in [-0.15, -0.1) is 0 Å². The van der Waals surface area contributed by atoms with Crippen LogP contribution in [-0.2, 0) is 9.63 Å². The SMILES string of the molecule is O=C(Nc1ccnc(Sc2ccccn2)c1)C1=NO[C@@H](c2ccccc2)C1. The minimum atomic E-state index is -0.270. The molecule has 7 heteroatoms. The van der Waals surface area contributed by atoms with Crippen LogP contribution in [0.1, 0.15) is 18.1 Å². The van der Waals surface area contributed by atoms with Crippen LogP contribution in [0.3, 0.4) is 0 Å². The van der Waals surface area contributed by atoms with Gasteiger partial charge >= 0.3 is 0 Å². The summed E-state index contributed by atoms with van der Waals surface area (Å²) in [6, 6.07) is 19.0. The summed E-state index contributed by atoms with van der Waals surface area (Å²) in [5.41, 5.74) is 2.03. The zero-order valence-corrected chi connectivity index (χ0v) is 15.1. The molecule has 1 amide bonds. The fourth-order valence-corrected chi connectivity index (χ4v) is 3.39. The summed E-state index contributed by atoms with van der Waals surface area (Å²) in [5.74, 6) is -0.270. The monoisotopic (exact) mass is 376 g/mol. The molecule has 0 bridgehead atoms. The third-order valence-electron chi connectivity index (χ3n) is 3.94. The van der Waals surface area contributed by atoms with E-state index in [2.05, 4.69) is 20.4 Å². The third-order valence-corrected chi connectivity index (χ3v) is 4.82. The van der Waals surface area contributed by atoms with Gasteiger partial charge in [0.25, 0.3) is 5.91 Å². The maximum atomic E-state index is 12.5. The number of aromatic nitrogens is 2. The van der Waals surface area contributed by atoms with E-state index in [0.29, 0.717) is 17.8 Å². The lowest BCUT2D eigenvalue weighted by atomic mass is 10.0. The van der Waals surface area contributed by atoms with Crippen molar-refractivity contribution in [3.63, 3.8) is 0 Å². The molecule has 0 saturated carbocycles. The Labute approximate surface area is 160 Å². The lowest BCUT2D eigenvalue weighted by molar-refractivity contribution is -0.110. The third kappa shape index (κ3) is 4.32.